The summed E-state index contributed by atoms with van der Waals surface area (Å²) >= 11 is 0. The number of Topliss-reactive ketones (excluding diaryl/α,β-unsaturated/α-hetero) is 1. The van der Waals surface area contributed by atoms with Crippen molar-refractivity contribution >= 4 is 15.6 Å². The fourth-order valence-corrected chi connectivity index (χ4v) is 1.82. The Morgan fingerprint density at radius 1 is 1.50 bits per heavy atom. The van der Waals surface area contributed by atoms with Crippen LogP contribution in [0.3, 0.4) is 0 Å². The molecule has 0 N–H and O–H groups in total. The lowest BCUT2D eigenvalue weighted by atomic mass is 9.85. The first-order valence-electron chi connectivity index (χ1n) is 4.40. The van der Waals surface area contributed by atoms with Crippen molar-refractivity contribution in [2.24, 2.45) is 5.41 Å². The monoisotopic (exact) mass is 217 g/mol. The smallest absolute Gasteiger partial charge is 0.150 e. The fraction of sp³-hybridized carbons (Fsp3) is 0.778. The van der Waals surface area contributed by atoms with E-state index in [-0.39, 0.29) is 23.7 Å². The van der Waals surface area contributed by atoms with Crippen LogP contribution in [0.2, 0.25) is 0 Å². The number of ketones is 1. The zero-order valence-corrected chi connectivity index (χ0v) is 9.52. The van der Waals surface area contributed by atoms with Crippen LogP contribution in [0.25, 0.3) is 0 Å². The van der Waals surface area contributed by atoms with Crippen molar-refractivity contribution in [1.29, 1.82) is 5.26 Å². The lowest BCUT2D eigenvalue weighted by Gasteiger charge is -2.16. The third-order valence-corrected chi connectivity index (χ3v) is 4.08. The van der Waals surface area contributed by atoms with Gasteiger partial charge in [-0.15, -0.1) is 0 Å². The van der Waals surface area contributed by atoms with E-state index >= 15 is 0 Å². The third kappa shape index (κ3) is 3.46. The van der Waals surface area contributed by atoms with Crippen molar-refractivity contribution in [1.82, 2.24) is 0 Å². The van der Waals surface area contributed by atoms with E-state index in [1.807, 2.05) is 6.07 Å². The van der Waals surface area contributed by atoms with Gasteiger partial charge in [-0.05, 0) is 20.3 Å². The average Bonchev–Trinajstić information content (AvgIpc) is 2.14. The Kier molecular flexibility index (Phi) is 4.27. The first-order valence-corrected chi connectivity index (χ1v) is 6.22. The van der Waals surface area contributed by atoms with E-state index in [4.69, 9.17) is 5.26 Å². The first kappa shape index (κ1) is 13.1. The number of nitriles is 1. The molecule has 0 amide bonds. The maximum absolute atomic E-state index is 11.2. The molecule has 0 aliphatic carbocycles. The van der Waals surface area contributed by atoms with Gasteiger partial charge in [-0.1, -0.05) is 6.92 Å². The van der Waals surface area contributed by atoms with Crippen LogP contribution in [0.4, 0.5) is 0 Å². The minimum atomic E-state index is -3.10. The van der Waals surface area contributed by atoms with E-state index < -0.39 is 15.3 Å². The van der Waals surface area contributed by atoms with E-state index in [9.17, 15) is 13.2 Å². The van der Waals surface area contributed by atoms with Gasteiger partial charge in [0, 0.05) is 5.75 Å². The topological polar surface area (TPSA) is 75.0 Å². The molecule has 0 aromatic rings. The molecule has 1 atom stereocenters. The van der Waals surface area contributed by atoms with Crippen LogP contribution in [0.1, 0.15) is 27.2 Å². The Balaban J connectivity index is 4.55. The van der Waals surface area contributed by atoms with E-state index in [2.05, 4.69) is 0 Å². The number of carbonyl (C=O) groups is 1. The Bertz CT molecular complexity index is 353. The molecular formula is C9H15NO3S. The van der Waals surface area contributed by atoms with Crippen LogP contribution >= 0.6 is 0 Å². The second kappa shape index (κ2) is 4.56. The van der Waals surface area contributed by atoms with Gasteiger partial charge in [0.2, 0.25) is 0 Å². The second-order valence-corrected chi connectivity index (χ2v) is 5.96. The Hall–Kier alpha value is -0.890. The van der Waals surface area contributed by atoms with Gasteiger partial charge >= 0.3 is 0 Å². The molecule has 0 aliphatic rings. The maximum Gasteiger partial charge on any atom is 0.150 e. The third-order valence-electron chi connectivity index (χ3n) is 2.38. The zero-order valence-electron chi connectivity index (χ0n) is 8.70. The molecule has 0 heterocycles. The number of nitrogens with zero attached hydrogens (tertiary/aromatic N) is 1. The molecule has 0 radical (unpaired) electrons. The van der Waals surface area contributed by atoms with Crippen LogP contribution in [0.15, 0.2) is 0 Å². The van der Waals surface area contributed by atoms with Gasteiger partial charge in [-0.2, -0.15) is 5.26 Å². The molecule has 80 valence electrons. The minimum Gasteiger partial charge on any atom is -0.298 e. The highest BCUT2D eigenvalue weighted by molar-refractivity contribution is 7.91. The molecule has 0 aliphatic heterocycles. The molecule has 4 nitrogen and oxygen atoms in total. The summed E-state index contributed by atoms with van der Waals surface area (Å²) in [7, 11) is -3.10. The first-order chi connectivity index (χ1) is 6.27. The molecule has 5 heteroatoms. The number of hydrogen-bond donors (Lipinski definition) is 0. The van der Waals surface area contributed by atoms with Crippen molar-refractivity contribution in [2.75, 3.05) is 11.5 Å². The van der Waals surface area contributed by atoms with Crippen molar-refractivity contribution in [2.45, 2.75) is 27.2 Å². The molecule has 14 heavy (non-hydrogen) atoms. The van der Waals surface area contributed by atoms with Gasteiger partial charge < -0.3 is 0 Å². The molecule has 0 fully saturated rings. The molecule has 0 bridgehead atoms. The van der Waals surface area contributed by atoms with Crippen LogP contribution in [0, 0.1) is 16.7 Å². The average molecular weight is 217 g/mol. The predicted octanol–water partition coefficient (Wildman–Crippen LogP) is 0.930. The number of carbonyl (C=O) groups excluding carboxylic acids is 1. The molecule has 1 unspecified atom stereocenters. The predicted molar refractivity (Wildman–Crippen MR) is 53.3 cm³/mol. The van der Waals surface area contributed by atoms with Crippen LogP contribution < -0.4 is 0 Å². The molecule has 0 rings (SSSR count). The summed E-state index contributed by atoms with van der Waals surface area (Å²) in [6.07, 6.45) is 0.0784. The summed E-state index contributed by atoms with van der Waals surface area (Å²) in [4.78, 5) is 11.1. The lowest BCUT2D eigenvalue weighted by molar-refractivity contribution is -0.123. The Morgan fingerprint density at radius 3 is 2.29 bits per heavy atom. The number of rotatable bonds is 5. The maximum atomic E-state index is 11.2. The minimum absolute atomic E-state index is 0.0480. The lowest BCUT2D eigenvalue weighted by Crippen LogP contribution is -2.27. The molecule has 0 spiro atoms. The van der Waals surface area contributed by atoms with E-state index in [1.165, 1.54) is 13.8 Å². The van der Waals surface area contributed by atoms with Gasteiger partial charge in [-0.3, -0.25) is 4.79 Å². The van der Waals surface area contributed by atoms with E-state index in [0.717, 1.165) is 0 Å². The Morgan fingerprint density at radius 2 is 2.00 bits per heavy atom. The highest BCUT2D eigenvalue weighted by Gasteiger charge is 2.30. The molecular weight excluding hydrogens is 202 g/mol. The molecule has 0 saturated heterocycles. The van der Waals surface area contributed by atoms with Gasteiger partial charge in [-0.25, -0.2) is 8.42 Å². The van der Waals surface area contributed by atoms with Crippen LogP contribution in [-0.2, 0) is 14.6 Å². The normalized spacial score (nSPS) is 15.6. The van der Waals surface area contributed by atoms with Crippen molar-refractivity contribution in [3.63, 3.8) is 0 Å². The summed E-state index contributed by atoms with van der Waals surface area (Å²) in [5.41, 5.74) is -1.16. The summed E-state index contributed by atoms with van der Waals surface area (Å²) in [5, 5.41) is 8.76. The highest BCUT2D eigenvalue weighted by atomic mass is 32.2. The summed E-state index contributed by atoms with van der Waals surface area (Å²) in [6.45, 7) is 4.33. The second-order valence-electron chi connectivity index (χ2n) is 3.49. The van der Waals surface area contributed by atoms with Crippen molar-refractivity contribution in [3.8, 4) is 6.07 Å². The van der Waals surface area contributed by atoms with Crippen molar-refractivity contribution in [3.05, 3.63) is 0 Å². The van der Waals surface area contributed by atoms with E-state index in [0.29, 0.717) is 0 Å². The molecule has 0 aromatic carbocycles. The van der Waals surface area contributed by atoms with Gasteiger partial charge in [0.15, 0.2) is 0 Å². The number of sulfone groups is 1. The zero-order chi connectivity index (χ0) is 11.4. The standard InChI is InChI=1S/C9H15NO3S/c1-4-14(12,13)6-5-9(3,7-10)8(2)11/h4-6H2,1-3H3. The SMILES string of the molecule is CCS(=O)(=O)CCC(C)(C#N)C(C)=O. The quantitative estimate of drug-likeness (QED) is 0.686. The van der Waals surface area contributed by atoms with Crippen LogP contribution in [-0.4, -0.2) is 25.7 Å². The summed E-state index contributed by atoms with van der Waals surface area (Å²) in [6, 6.07) is 1.86. The van der Waals surface area contributed by atoms with Crippen LogP contribution in [0.5, 0.6) is 0 Å². The van der Waals surface area contributed by atoms with Gasteiger partial charge in [0.25, 0.3) is 0 Å². The Labute approximate surface area is 84.8 Å². The number of hydrogen-bond acceptors (Lipinski definition) is 4. The van der Waals surface area contributed by atoms with Crippen molar-refractivity contribution < 1.29 is 13.2 Å². The molecule has 0 saturated carbocycles. The summed E-state index contributed by atoms with van der Waals surface area (Å²) < 4.78 is 22.3. The van der Waals surface area contributed by atoms with Gasteiger partial charge in [0.1, 0.15) is 21.0 Å². The summed E-state index contributed by atoms with van der Waals surface area (Å²) in [5.74, 6) is -0.342. The molecule has 0 aromatic heterocycles. The largest absolute Gasteiger partial charge is 0.298 e. The fourth-order valence-electron chi connectivity index (χ4n) is 0.815. The highest BCUT2D eigenvalue weighted by Crippen LogP contribution is 2.22. The van der Waals surface area contributed by atoms with Gasteiger partial charge in [0.05, 0.1) is 11.8 Å². The van der Waals surface area contributed by atoms with E-state index in [1.54, 1.807) is 6.92 Å².